The highest BCUT2D eigenvalue weighted by Crippen LogP contribution is 2.36. The molecule has 160 valence electrons. The Hall–Kier alpha value is -2.77. The van der Waals surface area contributed by atoms with Crippen LogP contribution in [0.15, 0.2) is 47.6 Å². The average molecular weight is 412 g/mol. The maximum atomic E-state index is 11.9. The molecular formula is C23H29N3O4. The summed E-state index contributed by atoms with van der Waals surface area (Å²) in [4.78, 5) is 20.8. The van der Waals surface area contributed by atoms with Gasteiger partial charge in [-0.1, -0.05) is 30.3 Å². The fraction of sp³-hybridized carbons (Fsp3) is 0.435. The van der Waals surface area contributed by atoms with E-state index in [-0.39, 0.29) is 17.7 Å². The Balaban J connectivity index is 1.74. The number of rotatable bonds is 7. The first-order valence-electron chi connectivity index (χ1n) is 10.2. The van der Waals surface area contributed by atoms with Gasteiger partial charge in [0.15, 0.2) is 6.29 Å². The molecule has 30 heavy (non-hydrogen) atoms. The molecule has 1 aromatic carbocycles. The standard InChI is InChI=1S/C23H29N3O4/c1-23(2,3)30-20(27)12-8-7-11-16-21(15-9-5-4-6-10-15)26-19-14-24-18(22(28)29)13-17(19)25-16/h4-6,9-10,13-14,21-22,26,28-29H,7-8,11-12H2,1-3H3. The number of unbranched alkanes of at least 4 members (excludes halogenated alkanes) is 1. The molecule has 1 aliphatic heterocycles. The minimum absolute atomic E-state index is 0.105. The van der Waals surface area contributed by atoms with Crippen LogP contribution in [0.4, 0.5) is 11.4 Å². The first-order valence-corrected chi connectivity index (χ1v) is 10.2. The predicted molar refractivity (Wildman–Crippen MR) is 116 cm³/mol. The van der Waals surface area contributed by atoms with Gasteiger partial charge < -0.3 is 20.3 Å². The van der Waals surface area contributed by atoms with Gasteiger partial charge in [-0.05, 0) is 51.7 Å². The quantitative estimate of drug-likeness (QED) is 0.358. The van der Waals surface area contributed by atoms with E-state index in [1.54, 1.807) is 12.3 Å². The molecule has 1 aliphatic rings. The van der Waals surface area contributed by atoms with Gasteiger partial charge in [0.25, 0.3) is 0 Å². The predicted octanol–water partition coefficient (Wildman–Crippen LogP) is 4.21. The van der Waals surface area contributed by atoms with E-state index in [1.807, 2.05) is 51.1 Å². The molecule has 2 aromatic rings. The number of aliphatic hydroxyl groups excluding tert-OH is 1. The van der Waals surface area contributed by atoms with Crippen LogP contribution in [0.25, 0.3) is 0 Å². The number of nitrogens with one attached hydrogen (secondary N) is 1. The molecular weight excluding hydrogens is 382 g/mol. The van der Waals surface area contributed by atoms with Gasteiger partial charge >= 0.3 is 5.97 Å². The molecule has 0 amide bonds. The van der Waals surface area contributed by atoms with Crippen LogP contribution in [0.5, 0.6) is 0 Å². The van der Waals surface area contributed by atoms with Crippen molar-refractivity contribution >= 4 is 23.1 Å². The zero-order valence-electron chi connectivity index (χ0n) is 17.6. The lowest BCUT2D eigenvalue weighted by Crippen LogP contribution is -2.25. The summed E-state index contributed by atoms with van der Waals surface area (Å²) in [5, 5.41) is 22.3. The van der Waals surface area contributed by atoms with Gasteiger partial charge in [-0.3, -0.25) is 14.8 Å². The molecule has 0 spiro atoms. The molecule has 1 aromatic heterocycles. The van der Waals surface area contributed by atoms with Crippen LogP contribution in [0.2, 0.25) is 0 Å². The maximum Gasteiger partial charge on any atom is 0.306 e. The number of fused-ring (bicyclic) bond motifs is 1. The number of esters is 1. The molecule has 0 saturated carbocycles. The Labute approximate surface area is 176 Å². The first-order chi connectivity index (χ1) is 14.2. The summed E-state index contributed by atoms with van der Waals surface area (Å²) in [6.45, 7) is 5.59. The molecule has 0 radical (unpaired) electrons. The third-order valence-electron chi connectivity index (χ3n) is 4.68. The molecule has 0 saturated heterocycles. The maximum absolute atomic E-state index is 11.9. The SMILES string of the molecule is CC(C)(C)OC(=O)CCCCC1=Nc2cc(C(O)O)ncc2NC1c1ccccc1. The van der Waals surface area contributed by atoms with Gasteiger partial charge in [-0.25, -0.2) is 0 Å². The lowest BCUT2D eigenvalue weighted by molar-refractivity contribution is -0.154. The Morgan fingerprint density at radius 3 is 2.60 bits per heavy atom. The topological polar surface area (TPSA) is 104 Å². The van der Waals surface area contributed by atoms with Gasteiger partial charge in [0.05, 0.1) is 29.3 Å². The summed E-state index contributed by atoms with van der Waals surface area (Å²) in [5.41, 5.74) is 3.07. The summed E-state index contributed by atoms with van der Waals surface area (Å²) in [5.74, 6) is -0.191. The second-order valence-corrected chi connectivity index (χ2v) is 8.38. The van der Waals surface area contributed by atoms with Crippen LogP contribution < -0.4 is 5.32 Å². The second-order valence-electron chi connectivity index (χ2n) is 8.38. The monoisotopic (exact) mass is 411 g/mol. The van der Waals surface area contributed by atoms with Gasteiger partial charge in [0.2, 0.25) is 0 Å². The minimum atomic E-state index is -1.64. The molecule has 1 unspecified atom stereocenters. The van der Waals surface area contributed by atoms with Crippen molar-refractivity contribution in [2.75, 3.05) is 5.32 Å². The molecule has 3 N–H and O–H groups in total. The number of carbonyl (C=O) groups is 1. The van der Waals surface area contributed by atoms with Crippen LogP contribution >= 0.6 is 0 Å². The molecule has 1 atom stereocenters. The lowest BCUT2D eigenvalue weighted by atomic mass is 9.95. The third-order valence-corrected chi connectivity index (χ3v) is 4.68. The highest BCUT2D eigenvalue weighted by molar-refractivity contribution is 5.98. The number of nitrogens with zero attached hydrogens (tertiary/aromatic N) is 2. The van der Waals surface area contributed by atoms with Crippen LogP contribution in [0.3, 0.4) is 0 Å². The van der Waals surface area contributed by atoms with Crippen LogP contribution in [-0.2, 0) is 9.53 Å². The largest absolute Gasteiger partial charge is 0.460 e. The Kier molecular flexibility index (Phi) is 6.84. The molecule has 2 heterocycles. The number of hydrogen-bond acceptors (Lipinski definition) is 7. The number of anilines is 1. The highest BCUT2D eigenvalue weighted by Gasteiger charge is 2.25. The van der Waals surface area contributed by atoms with Crippen molar-refractivity contribution in [3.05, 3.63) is 53.9 Å². The number of ether oxygens (including phenoxy) is 1. The molecule has 0 bridgehead atoms. The van der Waals surface area contributed by atoms with E-state index < -0.39 is 11.9 Å². The van der Waals surface area contributed by atoms with Crippen molar-refractivity contribution in [3.8, 4) is 0 Å². The van der Waals surface area contributed by atoms with Gasteiger partial charge in [-0.2, -0.15) is 0 Å². The highest BCUT2D eigenvalue weighted by atomic mass is 16.6. The third kappa shape index (κ3) is 5.87. The number of aromatic nitrogens is 1. The molecule has 3 rings (SSSR count). The van der Waals surface area contributed by atoms with Crippen LogP contribution in [-0.4, -0.2) is 32.5 Å². The van der Waals surface area contributed by atoms with E-state index >= 15 is 0 Å². The van der Waals surface area contributed by atoms with Gasteiger partial charge in [-0.15, -0.1) is 0 Å². The van der Waals surface area contributed by atoms with E-state index in [9.17, 15) is 15.0 Å². The number of benzene rings is 1. The van der Waals surface area contributed by atoms with E-state index in [4.69, 9.17) is 9.73 Å². The normalized spacial score (nSPS) is 15.9. The zero-order valence-corrected chi connectivity index (χ0v) is 17.6. The summed E-state index contributed by atoms with van der Waals surface area (Å²) in [6.07, 6.45) is 2.50. The van der Waals surface area contributed by atoms with E-state index in [0.717, 1.165) is 23.4 Å². The van der Waals surface area contributed by atoms with Crippen molar-refractivity contribution in [2.45, 2.75) is 64.4 Å². The summed E-state index contributed by atoms with van der Waals surface area (Å²) >= 11 is 0. The minimum Gasteiger partial charge on any atom is -0.460 e. The van der Waals surface area contributed by atoms with Gasteiger partial charge in [0, 0.05) is 12.1 Å². The molecule has 7 heteroatoms. The van der Waals surface area contributed by atoms with E-state index in [0.29, 0.717) is 24.9 Å². The van der Waals surface area contributed by atoms with Gasteiger partial charge in [0.1, 0.15) is 5.60 Å². The second kappa shape index (κ2) is 9.36. The number of aliphatic imine (C=N–C) groups is 1. The van der Waals surface area contributed by atoms with E-state index in [1.165, 1.54) is 0 Å². The van der Waals surface area contributed by atoms with Crippen molar-refractivity contribution < 1.29 is 19.7 Å². The van der Waals surface area contributed by atoms with Crippen molar-refractivity contribution in [1.29, 1.82) is 0 Å². The molecule has 7 nitrogen and oxygen atoms in total. The molecule has 0 aliphatic carbocycles. The average Bonchev–Trinajstić information content (AvgIpc) is 2.69. The zero-order chi connectivity index (χ0) is 21.7. The number of hydrogen-bond donors (Lipinski definition) is 3. The first kappa shape index (κ1) is 21.9. The fourth-order valence-electron chi connectivity index (χ4n) is 3.35. The van der Waals surface area contributed by atoms with E-state index in [2.05, 4.69) is 10.3 Å². The summed E-state index contributed by atoms with van der Waals surface area (Å²) in [6, 6.07) is 11.5. The van der Waals surface area contributed by atoms with Crippen LogP contribution in [0.1, 0.15) is 70.0 Å². The van der Waals surface area contributed by atoms with Crippen molar-refractivity contribution in [2.24, 2.45) is 4.99 Å². The number of pyridine rings is 1. The smallest absolute Gasteiger partial charge is 0.306 e. The lowest BCUT2D eigenvalue weighted by Gasteiger charge is -2.28. The summed E-state index contributed by atoms with van der Waals surface area (Å²) < 4.78 is 5.37. The fourth-order valence-corrected chi connectivity index (χ4v) is 3.35. The number of carbonyl (C=O) groups excluding carboxylic acids is 1. The molecule has 0 fully saturated rings. The summed E-state index contributed by atoms with van der Waals surface area (Å²) in [7, 11) is 0. The Bertz CT molecular complexity index is 904. The van der Waals surface area contributed by atoms with Crippen molar-refractivity contribution in [3.63, 3.8) is 0 Å². The Morgan fingerprint density at radius 1 is 1.20 bits per heavy atom. The Morgan fingerprint density at radius 2 is 1.93 bits per heavy atom. The van der Waals surface area contributed by atoms with Crippen molar-refractivity contribution in [1.82, 2.24) is 4.98 Å². The van der Waals surface area contributed by atoms with Crippen LogP contribution in [0, 0.1) is 0 Å². The number of aliphatic hydroxyl groups is 2.